The monoisotopic (exact) mass is 400 g/mol. The zero-order valence-electron chi connectivity index (χ0n) is 19.5. The summed E-state index contributed by atoms with van der Waals surface area (Å²) in [4.78, 5) is 13.2. The lowest BCUT2D eigenvalue weighted by Gasteiger charge is -2.57. The van der Waals surface area contributed by atoms with Gasteiger partial charge in [0.15, 0.2) is 5.78 Å². The van der Waals surface area contributed by atoms with Gasteiger partial charge in [-0.15, -0.1) is 0 Å². The molecule has 0 aromatic carbocycles. The summed E-state index contributed by atoms with van der Waals surface area (Å²) in [7, 11) is 0. The van der Waals surface area contributed by atoms with E-state index in [2.05, 4.69) is 40.7 Å². The van der Waals surface area contributed by atoms with Crippen LogP contribution in [0.1, 0.15) is 98.8 Å². The molecule has 2 nitrogen and oxygen atoms in total. The van der Waals surface area contributed by atoms with Gasteiger partial charge in [0.05, 0.1) is 6.10 Å². The summed E-state index contributed by atoms with van der Waals surface area (Å²) in [5.41, 5.74) is 2.00. The number of ketones is 1. The van der Waals surface area contributed by atoms with Crippen molar-refractivity contribution in [1.29, 1.82) is 0 Å². The highest BCUT2D eigenvalue weighted by atomic mass is 16.3. The van der Waals surface area contributed by atoms with Crippen molar-refractivity contribution >= 4 is 5.78 Å². The first-order valence-electron chi connectivity index (χ1n) is 12.6. The predicted molar refractivity (Wildman–Crippen MR) is 119 cm³/mol. The summed E-state index contributed by atoms with van der Waals surface area (Å²) in [6.07, 6.45) is 13.7. The molecule has 0 aliphatic heterocycles. The number of hydrogen-bond donors (Lipinski definition) is 1. The largest absolute Gasteiger partial charge is 0.393 e. The molecule has 0 heterocycles. The fourth-order valence-electron chi connectivity index (χ4n) is 8.37. The third kappa shape index (κ3) is 3.56. The van der Waals surface area contributed by atoms with E-state index >= 15 is 0 Å². The standard InChI is InChI=1S/C27H44O2/c1-17(2)7-6-8-18(3)21-9-10-22-20-16-25(29)24-15-19(28)11-13-27(24,5)23(20)12-14-26(21,22)4/h16-19,21-24,28H,6-15H2,1-5H3/t18-,19-,21-,22+,23-,24+,26-,27+/m1/s1. The lowest BCUT2D eigenvalue weighted by molar-refractivity contribution is -0.132. The minimum absolute atomic E-state index is 0.0523. The average molecular weight is 401 g/mol. The quantitative estimate of drug-likeness (QED) is 0.567. The third-order valence-corrected chi connectivity index (χ3v) is 10.1. The Morgan fingerprint density at radius 1 is 0.966 bits per heavy atom. The number of carbonyl (C=O) groups is 1. The van der Waals surface area contributed by atoms with E-state index in [0.717, 1.165) is 30.6 Å². The number of aliphatic hydroxyl groups excluding tert-OH is 1. The van der Waals surface area contributed by atoms with Gasteiger partial charge in [-0.2, -0.15) is 0 Å². The molecule has 0 spiro atoms. The number of fused-ring (bicyclic) bond motifs is 5. The van der Waals surface area contributed by atoms with Gasteiger partial charge < -0.3 is 5.11 Å². The molecule has 164 valence electrons. The van der Waals surface area contributed by atoms with Gasteiger partial charge in [0.1, 0.15) is 0 Å². The first-order valence-corrected chi connectivity index (χ1v) is 12.6. The average Bonchev–Trinajstić information content (AvgIpc) is 3.00. The summed E-state index contributed by atoms with van der Waals surface area (Å²) in [5, 5.41) is 10.2. The van der Waals surface area contributed by atoms with Gasteiger partial charge >= 0.3 is 0 Å². The van der Waals surface area contributed by atoms with Gasteiger partial charge in [0.25, 0.3) is 0 Å². The molecule has 3 fully saturated rings. The maximum Gasteiger partial charge on any atom is 0.159 e. The molecular weight excluding hydrogens is 356 g/mol. The molecule has 1 N–H and O–H groups in total. The minimum atomic E-state index is -0.275. The first kappa shape index (κ1) is 21.6. The van der Waals surface area contributed by atoms with Crippen molar-refractivity contribution in [2.45, 2.75) is 105 Å². The number of allylic oxidation sites excluding steroid dienone is 2. The maximum atomic E-state index is 13.2. The van der Waals surface area contributed by atoms with Crippen molar-refractivity contribution in [2.24, 2.45) is 46.3 Å². The summed E-state index contributed by atoms with van der Waals surface area (Å²) in [6.45, 7) is 12.1. The van der Waals surface area contributed by atoms with Crippen LogP contribution in [0, 0.1) is 46.3 Å². The number of hydrogen-bond acceptors (Lipinski definition) is 2. The van der Waals surface area contributed by atoms with Gasteiger partial charge in [0, 0.05) is 5.92 Å². The summed E-state index contributed by atoms with van der Waals surface area (Å²) in [5.74, 6) is 4.00. The van der Waals surface area contributed by atoms with Gasteiger partial charge in [-0.1, -0.05) is 59.5 Å². The zero-order valence-corrected chi connectivity index (χ0v) is 19.5. The van der Waals surface area contributed by atoms with E-state index in [1.54, 1.807) is 0 Å². The van der Waals surface area contributed by atoms with Crippen LogP contribution >= 0.6 is 0 Å². The smallest absolute Gasteiger partial charge is 0.159 e. The highest BCUT2D eigenvalue weighted by Crippen LogP contribution is 2.66. The highest BCUT2D eigenvalue weighted by molar-refractivity contribution is 5.94. The Kier molecular flexibility index (Phi) is 5.82. The summed E-state index contributed by atoms with van der Waals surface area (Å²) < 4.78 is 0. The molecule has 0 amide bonds. The Bertz CT molecular complexity index is 663. The van der Waals surface area contributed by atoms with Crippen molar-refractivity contribution < 1.29 is 9.90 Å². The van der Waals surface area contributed by atoms with Crippen LogP contribution in [0.15, 0.2) is 11.6 Å². The lowest BCUT2D eigenvalue weighted by Crippen LogP contribution is -2.52. The topological polar surface area (TPSA) is 37.3 Å². The Balaban J connectivity index is 1.55. The molecule has 0 saturated heterocycles. The van der Waals surface area contributed by atoms with Gasteiger partial charge in [-0.25, -0.2) is 0 Å². The molecule has 0 bridgehead atoms. The van der Waals surface area contributed by atoms with E-state index in [-0.39, 0.29) is 17.4 Å². The second-order valence-electron chi connectivity index (χ2n) is 12.2. The summed E-state index contributed by atoms with van der Waals surface area (Å²) in [6, 6.07) is 0. The van der Waals surface area contributed by atoms with Gasteiger partial charge in [-0.3, -0.25) is 4.79 Å². The van der Waals surface area contributed by atoms with Crippen LogP contribution in [0.3, 0.4) is 0 Å². The second kappa shape index (κ2) is 7.81. The van der Waals surface area contributed by atoms with Crippen LogP contribution in [0.5, 0.6) is 0 Å². The molecule has 0 radical (unpaired) electrons. The Labute approximate surface area is 178 Å². The molecule has 4 rings (SSSR count). The van der Waals surface area contributed by atoms with E-state index in [4.69, 9.17) is 0 Å². The van der Waals surface area contributed by atoms with Crippen molar-refractivity contribution in [1.82, 2.24) is 0 Å². The molecule has 4 aliphatic carbocycles. The van der Waals surface area contributed by atoms with Crippen molar-refractivity contribution in [2.75, 3.05) is 0 Å². The molecule has 0 unspecified atom stereocenters. The molecule has 2 heteroatoms. The van der Waals surface area contributed by atoms with E-state index in [9.17, 15) is 9.90 Å². The van der Waals surface area contributed by atoms with Crippen LogP contribution in [0.2, 0.25) is 0 Å². The lowest BCUT2D eigenvalue weighted by atomic mass is 9.47. The fraction of sp³-hybridized carbons (Fsp3) is 0.889. The SMILES string of the molecule is CC(C)CCC[C@@H](C)[C@H]1CC[C@H]2C3=CC(=O)[C@@H]4C[C@H](O)CC[C@@]4(C)[C@@H]3CC[C@]12C. The predicted octanol–water partition coefficient (Wildman–Crippen LogP) is 6.57. The molecule has 4 aliphatic rings. The molecule has 0 aromatic rings. The molecule has 29 heavy (non-hydrogen) atoms. The van der Waals surface area contributed by atoms with E-state index in [1.807, 2.05) is 0 Å². The number of carbonyl (C=O) groups excluding carboxylic acids is 1. The highest BCUT2D eigenvalue weighted by Gasteiger charge is 2.59. The van der Waals surface area contributed by atoms with E-state index in [1.165, 1.54) is 50.5 Å². The van der Waals surface area contributed by atoms with Gasteiger partial charge in [0.2, 0.25) is 0 Å². The maximum absolute atomic E-state index is 13.2. The van der Waals surface area contributed by atoms with Crippen molar-refractivity contribution in [3.05, 3.63) is 11.6 Å². The van der Waals surface area contributed by atoms with Crippen LogP contribution in [-0.2, 0) is 4.79 Å². The third-order valence-electron chi connectivity index (χ3n) is 10.1. The second-order valence-corrected chi connectivity index (χ2v) is 12.2. The molecule has 0 aromatic heterocycles. The number of rotatable bonds is 5. The van der Waals surface area contributed by atoms with Crippen molar-refractivity contribution in [3.8, 4) is 0 Å². The minimum Gasteiger partial charge on any atom is -0.393 e. The van der Waals surface area contributed by atoms with Crippen LogP contribution in [0.25, 0.3) is 0 Å². The normalized spacial score (nSPS) is 45.4. The van der Waals surface area contributed by atoms with E-state index < -0.39 is 0 Å². The van der Waals surface area contributed by atoms with Crippen LogP contribution < -0.4 is 0 Å². The van der Waals surface area contributed by atoms with Crippen LogP contribution in [0.4, 0.5) is 0 Å². The Hall–Kier alpha value is -0.630. The zero-order chi connectivity index (χ0) is 21.0. The fourth-order valence-corrected chi connectivity index (χ4v) is 8.37. The van der Waals surface area contributed by atoms with Crippen LogP contribution in [-0.4, -0.2) is 17.0 Å². The first-order chi connectivity index (χ1) is 13.7. The molecule has 8 atom stereocenters. The van der Waals surface area contributed by atoms with Crippen molar-refractivity contribution in [3.63, 3.8) is 0 Å². The molecule has 3 saturated carbocycles. The van der Waals surface area contributed by atoms with Gasteiger partial charge in [-0.05, 0) is 91.4 Å². The number of aliphatic hydroxyl groups is 1. The Morgan fingerprint density at radius 3 is 2.38 bits per heavy atom. The van der Waals surface area contributed by atoms with E-state index in [0.29, 0.717) is 29.5 Å². The summed E-state index contributed by atoms with van der Waals surface area (Å²) >= 11 is 0. The molecular formula is C27H44O2. The Morgan fingerprint density at radius 2 is 1.66 bits per heavy atom.